The summed E-state index contributed by atoms with van der Waals surface area (Å²) >= 11 is 0. The number of piperidine rings is 1. The second kappa shape index (κ2) is 8.79. The summed E-state index contributed by atoms with van der Waals surface area (Å²) in [6.07, 6.45) is 3.71. The van der Waals surface area contributed by atoms with Crippen molar-refractivity contribution in [1.29, 1.82) is 0 Å². The molecular formula is C22H24FN5O3. The van der Waals surface area contributed by atoms with Crippen LogP contribution in [0.2, 0.25) is 0 Å². The first-order chi connectivity index (χ1) is 14.9. The second-order valence-electron chi connectivity index (χ2n) is 7.93. The standard InChI is InChI=1S/C22H24FN5O3/c1-14-15(2)24-13-28(22(14)30)12-20(29)27-9-5-6-16(11-27)10-19-25-21(26-31-19)17-7-3-4-8-18(17)23/h3-4,7-8,13,16H,5-6,9-12H2,1-2H3. The van der Waals surface area contributed by atoms with Crippen LogP contribution in [0.25, 0.3) is 11.4 Å². The van der Waals surface area contributed by atoms with Crippen molar-refractivity contribution in [2.75, 3.05) is 13.1 Å². The van der Waals surface area contributed by atoms with Crippen LogP contribution >= 0.6 is 0 Å². The number of amides is 1. The molecule has 162 valence electrons. The molecule has 8 nitrogen and oxygen atoms in total. The largest absolute Gasteiger partial charge is 0.341 e. The molecule has 0 bridgehead atoms. The molecule has 0 aliphatic carbocycles. The van der Waals surface area contributed by atoms with Crippen molar-refractivity contribution >= 4 is 5.91 Å². The van der Waals surface area contributed by atoms with E-state index in [-0.39, 0.29) is 29.8 Å². The van der Waals surface area contributed by atoms with Crippen molar-refractivity contribution in [3.63, 3.8) is 0 Å². The Labute approximate surface area is 178 Å². The van der Waals surface area contributed by atoms with Gasteiger partial charge in [-0.1, -0.05) is 17.3 Å². The van der Waals surface area contributed by atoms with Crippen LogP contribution in [0.1, 0.15) is 30.0 Å². The molecule has 1 fully saturated rings. The zero-order valence-corrected chi connectivity index (χ0v) is 17.5. The van der Waals surface area contributed by atoms with Crippen molar-refractivity contribution in [2.45, 2.75) is 39.7 Å². The lowest BCUT2D eigenvalue weighted by molar-refractivity contribution is -0.133. The van der Waals surface area contributed by atoms with E-state index in [9.17, 15) is 14.0 Å². The van der Waals surface area contributed by atoms with Gasteiger partial charge in [0.1, 0.15) is 12.4 Å². The highest BCUT2D eigenvalue weighted by Crippen LogP contribution is 2.23. The number of rotatable bonds is 5. The van der Waals surface area contributed by atoms with E-state index in [4.69, 9.17) is 4.52 Å². The molecule has 1 aliphatic heterocycles. The monoisotopic (exact) mass is 425 g/mol. The lowest BCUT2D eigenvalue weighted by atomic mass is 9.94. The Bertz CT molecular complexity index is 1160. The van der Waals surface area contributed by atoms with E-state index in [2.05, 4.69) is 15.1 Å². The maximum absolute atomic E-state index is 13.9. The van der Waals surface area contributed by atoms with Crippen LogP contribution in [0.3, 0.4) is 0 Å². The number of benzene rings is 1. The Morgan fingerprint density at radius 1 is 1.29 bits per heavy atom. The number of hydrogen-bond donors (Lipinski definition) is 0. The highest BCUT2D eigenvalue weighted by Gasteiger charge is 2.26. The molecular weight excluding hydrogens is 401 g/mol. The van der Waals surface area contributed by atoms with Gasteiger partial charge in [-0.2, -0.15) is 4.98 Å². The number of carbonyl (C=O) groups excluding carboxylic acids is 1. The maximum Gasteiger partial charge on any atom is 0.256 e. The average molecular weight is 425 g/mol. The van der Waals surface area contributed by atoms with Gasteiger partial charge in [-0.25, -0.2) is 9.37 Å². The van der Waals surface area contributed by atoms with E-state index in [0.29, 0.717) is 42.2 Å². The first-order valence-electron chi connectivity index (χ1n) is 10.3. The summed E-state index contributed by atoms with van der Waals surface area (Å²) in [6.45, 7) is 4.64. The molecule has 0 spiro atoms. The fraction of sp³-hybridized carbons (Fsp3) is 0.409. The molecule has 31 heavy (non-hydrogen) atoms. The minimum absolute atomic E-state index is 0.0301. The Balaban J connectivity index is 1.40. The SMILES string of the molecule is Cc1ncn(CC(=O)N2CCCC(Cc3nc(-c4ccccc4F)no3)C2)c(=O)c1C. The van der Waals surface area contributed by atoms with Crippen LogP contribution in [0.4, 0.5) is 4.39 Å². The average Bonchev–Trinajstić information content (AvgIpc) is 3.22. The fourth-order valence-corrected chi connectivity index (χ4v) is 3.83. The zero-order valence-electron chi connectivity index (χ0n) is 17.5. The smallest absolute Gasteiger partial charge is 0.256 e. The van der Waals surface area contributed by atoms with Gasteiger partial charge in [0.25, 0.3) is 5.56 Å². The molecule has 2 aromatic heterocycles. The van der Waals surface area contributed by atoms with Crippen molar-refractivity contribution in [1.82, 2.24) is 24.6 Å². The first-order valence-corrected chi connectivity index (χ1v) is 10.3. The van der Waals surface area contributed by atoms with Crippen LogP contribution in [0.5, 0.6) is 0 Å². The minimum atomic E-state index is -0.402. The molecule has 4 rings (SSSR count). The first kappa shape index (κ1) is 20.9. The molecule has 1 aliphatic rings. The predicted octanol–water partition coefficient (Wildman–Crippen LogP) is 2.53. The molecule has 9 heteroatoms. The molecule has 1 aromatic carbocycles. The summed E-state index contributed by atoms with van der Waals surface area (Å²) in [5, 5.41) is 3.90. The number of nitrogens with zero attached hydrogens (tertiary/aromatic N) is 5. The summed E-state index contributed by atoms with van der Waals surface area (Å²) in [5.41, 5.74) is 1.32. The highest BCUT2D eigenvalue weighted by atomic mass is 19.1. The minimum Gasteiger partial charge on any atom is -0.341 e. The summed E-state index contributed by atoms with van der Waals surface area (Å²) in [6, 6.07) is 6.28. The normalized spacial score (nSPS) is 16.5. The second-order valence-corrected chi connectivity index (χ2v) is 7.93. The van der Waals surface area contributed by atoms with E-state index in [1.165, 1.54) is 17.0 Å². The van der Waals surface area contributed by atoms with Crippen LogP contribution in [-0.2, 0) is 17.8 Å². The molecule has 1 saturated heterocycles. The number of halogens is 1. The third-order valence-corrected chi connectivity index (χ3v) is 5.74. The number of aromatic nitrogens is 4. The quantitative estimate of drug-likeness (QED) is 0.624. The van der Waals surface area contributed by atoms with Gasteiger partial charge < -0.3 is 9.42 Å². The van der Waals surface area contributed by atoms with Gasteiger partial charge in [0.2, 0.25) is 17.6 Å². The molecule has 0 radical (unpaired) electrons. The van der Waals surface area contributed by atoms with Crippen molar-refractivity contribution in [2.24, 2.45) is 5.92 Å². The van der Waals surface area contributed by atoms with Crippen LogP contribution in [0.15, 0.2) is 39.9 Å². The number of likely N-dealkylation sites (tertiary alicyclic amines) is 1. The Morgan fingerprint density at radius 3 is 2.90 bits per heavy atom. The highest BCUT2D eigenvalue weighted by molar-refractivity contribution is 5.76. The summed E-state index contributed by atoms with van der Waals surface area (Å²) in [5.74, 6) is 0.279. The van der Waals surface area contributed by atoms with Gasteiger partial charge in [-0.3, -0.25) is 14.2 Å². The van der Waals surface area contributed by atoms with Gasteiger partial charge in [-0.15, -0.1) is 0 Å². The van der Waals surface area contributed by atoms with E-state index in [0.717, 1.165) is 12.8 Å². The van der Waals surface area contributed by atoms with Crippen molar-refractivity contribution in [3.05, 3.63) is 63.9 Å². The van der Waals surface area contributed by atoms with Crippen molar-refractivity contribution < 1.29 is 13.7 Å². The Kier molecular flexibility index (Phi) is 5.92. The summed E-state index contributed by atoms with van der Waals surface area (Å²) in [4.78, 5) is 35.4. The third-order valence-electron chi connectivity index (χ3n) is 5.74. The lowest BCUT2D eigenvalue weighted by Crippen LogP contribution is -2.43. The van der Waals surface area contributed by atoms with Crippen LogP contribution < -0.4 is 5.56 Å². The molecule has 1 amide bonds. The molecule has 0 N–H and O–H groups in total. The predicted molar refractivity (Wildman–Crippen MR) is 111 cm³/mol. The topological polar surface area (TPSA) is 94.1 Å². The van der Waals surface area contributed by atoms with Gasteiger partial charge in [-0.05, 0) is 44.7 Å². The lowest BCUT2D eigenvalue weighted by Gasteiger charge is -2.32. The Morgan fingerprint density at radius 2 is 2.10 bits per heavy atom. The number of carbonyl (C=O) groups is 1. The van der Waals surface area contributed by atoms with E-state index < -0.39 is 5.82 Å². The summed E-state index contributed by atoms with van der Waals surface area (Å²) in [7, 11) is 0. The van der Waals surface area contributed by atoms with Gasteiger partial charge >= 0.3 is 0 Å². The van der Waals surface area contributed by atoms with Gasteiger partial charge in [0.15, 0.2) is 0 Å². The van der Waals surface area contributed by atoms with Crippen LogP contribution in [0, 0.1) is 25.6 Å². The Hall–Kier alpha value is -3.36. The molecule has 3 aromatic rings. The van der Waals surface area contributed by atoms with E-state index >= 15 is 0 Å². The zero-order chi connectivity index (χ0) is 22.0. The summed E-state index contributed by atoms with van der Waals surface area (Å²) < 4.78 is 20.6. The number of aryl methyl sites for hydroxylation is 1. The third kappa shape index (κ3) is 4.55. The van der Waals surface area contributed by atoms with E-state index in [1.54, 1.807) is 36.9 Å². The molecule has 1 unspecified atom stereocenters. The fourth-order valence-electron chi connectivity index (χ4n) is 3.83. The number of hydrogen-bond acceptors (Lipinski definition) is 6. The molecule has 3 heterocycles. The van der Waals surface area contributed by atoms with Gasteiger partial charge in [0.05, 0.1) is 11.9 Å². The van der Waals surface area contributed by atoms with Gasteiger partial charge in [0, 0.05) is 30.8 Å². The molecule has 1 atom stereocenters. The maximum atomic E-state index is 13.9. The van der Waals surface area contributed by atoms with E-state index in [1.807, 2.05) is 0 Å². The van der Waals surface area contributed by atoms with Crippen molar-refractivity contribution in [3.8, 4) is 11.4 Å². The van der Waals surface area contributed by atoms with Crippen LogP contribution in [-0.4, -0.2) is 43.6 Å². The molecule has 0 saturated carbocycles.